The van der Waals surface area contributed by atoms with Gasteiger partial charge in [0.15, 0.2) is 0 Å². The van der Waals surface area contributed by atoms with Crippen molar-refractivity contribution >= 4 is 5.78 Å². The topological polar surface area (TPSA) is 20.3 Å². The van der Waals surface area contributed by atoms with Gasteiger partial charge in [-0.05, 0) is 32.4 Å². The van der Waals surface area contributed by atoms with Crippen molar-refractivity contribution in [3.8, 4) is 0 Å². The summed E-state index contributed by atoms with van der Waals surface area (Å²) in [7, 11) is 0. The van der Waals surface area contributed by atoms with E-state index < -0.39 is 11.6 Å². The van der Waals surface area contributed by atoms with E-state index in [0.717, 1.165) is 38.3 Å². The molecule has 0 spiro atoms. The fourth-order valence-corrected chi connectivity index (χ4v) is 2.88. The van der Waals surface area contributed by atoms with Crippen LogP contribution in [0.2, 0.25) is 0 Å². The summed E-state index contributed by atoms with van der Waals surface area (Å²) in [6.07, 6.45) is 4.82. The van der Waals surface area contributed by atoms with Gasteiger partial charge in [-0.1, -0.05) is 18.9 Å². The lowest BCUT2D eigenvalue weighted by Gasteiger charge is -2.29. The van der Waals surface area contributed by atoms with E-state index in [1.54, 1.807) is 6.92 Å². The fraction of sp³-hybridized carbons (Fsp3) is 0.562. The number of halogens is 2. The number of benzene rings is 1. The third-order valence-corrected chi connectivity index (χ3v) is 3.91. The van der Waals surface area contributed by atoms with Crippen molar-refractivity contribution in [1.82, 2.24) is 4.90 Å². The van der Waals surface area contributed by atoms with Crippen LogP contribution in [0.3, 0.4) is 0 Å². The second kappa shape index (κ2) is 6.93. The third kappa shape index (κ3) is 4.10. The Morgan fingerprint density at radius 2 is 2.10 bits per heavy atom. The zero-order valence-corrected chi connectivity index (χ0v) is 11.9. The van der Waals surface area contributed by atoms with Crippen LogP contribution < -0.4 is 0 Å². The normalized spacial score (nSPS) is 20.6. The first kappa shape index (κ1) is 15.1. The molecular weight excluding hydrogens is 260 g/mol. The molecule has 1 unspecified atom stereocenters. The van der Waals surface area contributed by atoms with Crippen LogP contribution in [0.15, 0.2) is 18.2 Å². The fourth-order valence-electron chi connectivity index (χ4n) is 2.88. The molecule has 0 saturated carbocycles. The quantitative estimate of drug-likeness (QED) is 0.839. The second-order valence-corrected chi connectivity index (χ2v) is 5.62. The lowest BCUT2D eigenvalue weighted by atomic mass is 10.0. The molecule has 1 aromatic carbocycles. The summed E-state index contributed by atoms with van der Waals surface area (Å²) in [4.78, 5) is 13.6. The Labute approximate surface area is 118 Å². The summed E-state index contributed by atoms with van der Waals surface area (Å²) in [6.45, 7) is 2.92. The summed E-state index contributed by atoms with van der Waals surface area (Å²) in [5.74, 6) is -0.889. The summed E-state index contributed by atoms with van der Waals surface area (Å²) in [5.41, 5.74) is 0.502. The van der Waals surface area contributed by atoms with Crippen LogP contribution in [-0.4, -0.2) is 23.3 Å². The lowest BCUT2D eigenvalue weighted by Crippen LogP contribution is -2.36. The van der Waals surface area contributed by atoms with Gasteiger partial charge in [-0.2, -0.15) is 0 Å². The van der Waals surface area contributed by atoms with Gasteiger partial charge in [0.25, 0.3) is 0 Å². The zero-order chi connectivity index (χ0) is 14.5. The molecule has 0 radical (unpaired) electrons. The van der Waals surface area contributed by atoms with E-state index in [-0.39, 0.29) is 11.8 Å². The van der Waals surface area contributed by atoms with Crippen LogP contribution >= 0.6 is 0 Å². The van der Waals surface area contributed by atoms with E-state index in [0.29, 0.717) is 18.5 Å². The number of rotatable bonds is 4. The molecule has 0 bridgehead atoms. The Balaban J connectivity index is 2.12. The Morgan fingerprint density at radius 1 is 1.30 bits per heavy atom. The average molecular weight is 281 g/mol. The van der Waals surface area contributed by atoms with Gasteiger partial charge in [-0.25, -0.2) is 8.78 Å². The predicted molar refractivity (Wildman–Crippen MR) is 74.3 cm³/mol. The van der Waals surface area contributed by atoms with Gasteiger partial charge in [0, 0.05) is 30.6 Å². The predicted octanol–water partition coefficient (Wildman–Crippen LogP) is 3.69. The zero-order valence-electron chi connectivity index (χ0n) is 11.9. The molecule has 1 fully saturated rings. The van der Waals surface area contributed by atoms with Gasteiger partial charge in [0.1, 0.15) is 17.4 Å². The summed E-state index contributed by atoms with van der Waals surface area (Å²) < 4.78 is 26.7. The number of likely N-dealkylation sites (tertiary alicyclic amines) is 1. The van der Waals surface area contributed by atoms with Gasteiger partial charge < -0.3 is 0 Å². The summed E-state index contributed by atoms with van der Waals surface area (Å²) >= 11 is 0. The van der Waals surface area contributed by atoms with E-state index in [2.05, 4.69) is 4.90 Å². The number of hydrogen-bond donors (Lipinski definition) is 0. The van der Waals surface area contributed by atoms with Crippen molar-refractivity contribution in [2.24, 2.45) is 0 Å². The third-order valence-electron chi connectivity index (χ3n) is 3.91. The number of Topliss-reactive ketones (excluding diaryl/α,β-unsaturated/α-hetero) is 1. The average Bonchev–Trinajstić information content (AvgIpc) is 2.58. The molecule has 1 heterocycles. The minimum absolute atomic E-state index is 0.168. The standard InChI is InChI=1S/C16H21F2NO/c1-12(20)9-15-5-3-2-4-8-19(15)11-13-6-7-14(17)10-16(13)18/h6-7,10,15H,2-5,8-9,11H2,1H3. The van der Waals surface area contributed by atoms with Crippen LogP contribution in [0.5, 0.6) is 0 Å². The Morgan fingerprint density at radius 3 is 2.80 bits per heavy atom. The highest BCUT2D eigenvalue weighted by Crippen LogP contribution is 2.23. The largest absolute Gasteiger partial charge is 0.300 e. The molecule has 0 N–H and O–H groups in total. The van der Waals surface area contributed by atoms with E-state index in [1.165, 1.54) is 12.1 Å². The highest BCUT2D eigenvalue weighted by atomic mass is 19.1. The molecule has 1 atom stereocenters. The van der Waals surface area contributed by atoms with E-state index in [9.17, 15) is 13.6 Å². The molecule has 110 valence electrons. The summed E-state index contributed by atoms with van der Waals surface area (Å²) in [5, 5.41) is 0. The van der Waals surface area contributed by atoms with Crippen molar-refractivity contribution in [2.45, 2.75) is 51.6 Å². The Bertz CT molecular complexity index is 476. The molecule has 20 heavy (non-hydrogen) atoms. The maximum absolute atomic E-state index is 13.8. The van der Waals surface area contributed by atoms with Crippen LogP contribution in [-0.2, 0) is 11.3 Å². The number of ketones is 1. The smallest absolute Gasteiger partial charge is 0.131 e. The van der Waals surface area contributed by atoms with Gasteiger partial charge in [0.05, 0.1) is 0 Å². The van der Waals surface area contributed by atoms with Gasteiger partial charge in [-0.15, -0.1) is 0 Å². The molecule has 2 rings (SSSR count). The minimum atomic E-state index is -0.553. The van der Waals surface area contributed by atoms with Crippen LogP contribution in [0.25, 0.3) is 0 Å². The minimum Gasteiger partial charge on any atom is -0.300 e. The molecular formula is C16H21F2NO. The SMILES string of the molecule is CC(=O)CC1CCCCCN1Cc1ccc(F)cc1F. The summed E-state index contributed by atoms with van der Waals surface area (Å²) in [6, 6.07) is 3.89. The molecule has 4 heteroatoms. The monoisotopic (exact) mass is 281 g/mol. The number of carbonyl (C=O) groups is 1. The molecule has 2 nitrogen and oxygen atoms in total. The van der Waals surface area contributed by atoms with Crippen molar-refractivity contribution in [3.63, 3.8) is 0 Å². The van der Waals surface area contributed by atoms with Crippen LogP contribution in [0.4, 0.5) is 8.78 Å². The second-order valence-electron chi connectivity index (χ2n) is 5.62. The van der Waals surface area contributed by atoms with Gasteiger partial charge >= 0.3 is 0 Å². The highest BCUT2D eigenvalue weighted by Gasteiger charge is 2.23. The van der Waals surface area contributed by atoms with Crippen LogP contribution in [0, 0.1) is 11.6 Å². The van der Waals surface area contributed by atoms with Crippen molar-refractivity contribution in [2.75, 3.05) is 6.54 Å². The van der Waals surface area contributed by atoms with Gasteiger partial charge in [0.2, 0.25) is 0 Å². The van der Waals surface area contributed by atoms with Crippen molar-refractivity contribution in [3.05, 3.63) is 35.4 Å². The molecule has 0 aromatic heterocycles. The number of nitrogens with zero attached hydrogens (tertiary/aromatic N) is 1. The van der Waals surface area contributed by atoms with Crippen LogP contribution in [0.1, 0.15) is 44.6 Å². The van der Waals surface area contributed by atoms with E-state index in [4.69, 9.17) is 0 Å². The first-order valence-corrected chi connectivity index (χ1v) is 7.23. The lowest BCUT2D eigenvalue weighted by molar-refractivity contribution is -0.118. The molecule has 0 amide bonds. The van der Waals surface area contributed by atoms with Crippen molar-refractivity contribution in [1.29, 1.82) is 0 Å². The first-order chi connectivity index (χ1) is 9.56. The highest BCUT2D eigenvalue weighted by molar-refractivity contribution is 5.76. The first-order valence-electron chi connectivity index (χ1n) is 7.23. The van der Waals surface area contributed by atoms with Gasteiger partial charge in [-0.3, -0.25) is 9.69 Å². The maximum Gasteiger partial charge on any atom is 0.131 e. The molecule has 1 aliphatic rings. The molecule has 1 aliphatic heterocycles. The van der Waals surface area contributed by atoms with Crippen molar-refractivity contribution < 1.29 is 13.6 Å². The number of carbonyl (C=O) groups excluding carboxylic acids is 1. The van der Waals surface area contributed by atoms with E-state index in [1.807, 2.05) is 0 Å². The Kier molecular flexibility index (Phi) is 5.24. The molecule has 0 aliphatic carbocycles. The van der Waals surface area contributed by atoms with E-state index >= 15 is 0 Å². The Hall–Kier alpha value is -1.29. The maximum atomic E-state index is 13.8. The molecule has 1 saturated heterocycles. The number of hydrogen-bond acceptors (Lipinski definition) is 2. The molecule has 1 aromatic rings.